The largest absolute Gasteiger partial charge is 0.495 e. The van der Waals surface area contributed by atoms with E-state index in [1.54, 1.807) is 11.4 Å². The molecule has 0 radical (unpaired) electrons. The van der Waals surface area contributed by atoms with Crippen molar-refractivity contribution < 1.29 is 9.53 Å². The Morgan fingerprint density at radius 1 is 1.16 bits per heavy atom. The summed E-state index contributed by atoms with van der Waals surface area (Å²) >= 11 is 14.2. The van der Waals surface area contributed by atoms with Crippen LogP contribution in [0.3, 0.4) is 0 Å². The summed E-state index contributed by atoms with van der Waals surface area (Å²) in [4.78, 5) is 21.8. The average molecular weight is 487 g/mol. The summed E-state index contributed by atoms with van der Waals surface area (Å²) in [6.45, 7) is 2.53. The van der Waals surface area contributed by atoms with Crippen LogP contribution in [0, 0.1) is 6.92 Å². The predicted octanol–water partition coefficient (Wildman–Crippen LogP) is 6.22. The second-order valence-electron chi connectivity index (χ2n) is 7.06. The molecule has 0 unspecified atom stereocenters. The minimum atomic E-state index is -0.360. The first-order chi connectivity index (χ1) is 15.5. The molecule has 2 N–H and O–H groups in total. The summed E-state index contributed by atoms with van der Waals surface area (Å²) < 4.78 is 6.09. The molecule has 0 atom stereocenters. The maximum absolute atomic E-state index is 13.1. The normalized spacial score (nSPS) is 10.9. The Labute approximate surface area is 199 Å². The van der Waals surface area contributed by atoms with E-state index in [0.29, 0.717) is 39.9 Å². The standard InChI is InChI=1S/C23H20Cl2N4O2S/c1-13-10-16(31-2)18(25)20(17(13)24)29-23(30)15-11-32-21-19(15)27-12-28-22(21)26-9-8-14-6-4-3-5-7-14/h3-7,10-12H,8-9H2,1-2H3,(H,29,30)(H,26,27,28). The summed E-state index contributed by atoms with van der Waals surface area (Å²) in [5, 5.41) is 8.53. The van der Waals surface area contributed by atoms with E-state index in [2.05, 4.69) is 32.7 Å². The van der Waals surface area contributed by atoms with Crippen molar-refractivity contribution in [2.75, 3.05) is 24.3 Å². The van der Waals surface area contributed by atoms with Gasteiger partial charge in [-0.05, 0) is 30.5 Å². The zero-order chi connectivity index (χ0) is 22.7. The molecule has 2 aromatic heterocycles. The van der Waals surface area contributed by atoms with Crippen LogP contribution in [0.25, 0.3) is 10.2 Å². The number of thiophene rings is 1. The van der Waals surface area contributed by atoms with Gasteiger partial charge in [-0.15, -0.1) is 11.3 Å². The number of amides is 1. The first kappa shape index (κ1) is 22.3. The highest BCUT2D eigenvalue weighted by Crippen LogP contribution is 2.40. The molecule has 0 saturated carbocycles. The molecule has 164 valence electrons. The Morgan fingerprint density at radius 3 is 2.69 bits per heavy atom. The SMILES string of the molecule is COc1cc(C)c(Cl)c(NC(=O)c2csc3c(NCCc4ccccc4)ncnc23)c1Cl. The van der Waals surface area contributed by atoms with E-state index in [-0.39, 0.29) is 10.9 Å². The van der Waals surface area contributed by atoms with Crippen molar-refractivity contribution in [2.24, 2.45) is 0 Å². The number of rotatable bonds is 7. The van der Waals surface area contributed by atoms with Gasteiger partial charge in [-0.1, -0.05) is 53.5 Å². The molecule has 2 heterocycles. The molecule has 4 aromatic rings. The maximum Gasteiger partial charge on any atom is 0.258 e. The predicted molar refractivity (Wildman–Crippen MR) is 132 cm³/mol. The highest BCUT2D eigenvalue weighted by atomic mass is 35.5. The number of fused-ring (bicyclic) bond motifs is 1. The quantitative estimate of drug-likeness (QED) is 0.324. The Bertz CT molecular complexity index is 1280. The van der Waals surface area contributed by atoms with Gasteiger partial charge in [-0.2, -0.15) is 0 Å². The number of hydrogen-bond acceptors (Lipinski definition) is 6. The van der Waals surface area contributed by atoms with Gasteiger partial charge in [0.2, 0.25) is 0 Å². The lowest BCUT2D eigenvalue weighted by atomic mass is 10.1. The molecule has 4 rings (SSSR count). The number of aryl methyl sites for hydroxylation is 1. The van der Waals surface area contributed by atoms with Crippen LogP contribution in [-0.4, -0.2) is 29.5 Å². The monoisotopic (exact) mass is 486 g/mol. The van der Waals surface area contributed by atoms with Crippen LogP contribution in [-0.2, 0) is 6.42 Å². The van der Waals surface area contributed by atoms with E-state index in [9.17, 15) is 4.79 Å². The zero-order valence-electron chi connectivity index (χ0n) is 17.4. The lowest BCUT2D eigenvalue weighted by Gasteiger charge is -2.14. The number of carbonyl (C=O) groups excluding carboxylic acids is 1. The zero-order valence-corrected chi connectivity index (χ0v) is 19.7. The van der Waals surface area contributed by atoms with Crippen molar-refractivity contribution in [3.63, 3.8) is 0 Å². The summed E-state index contributed by atoms with van der Waals surface area (Å²) in [6, 6.07) is 11.9. The molecule has 2 aromatic carbocycles. The number of nitrogens with one attached hydrogen (secondary N) is 2. The van der Waals surface area contributed by atoms with E-state index in [1.165, 1.54) is 30.3 Å². The van der Waals surface area contributed by atoms with Crippen molar-refractivity contribution in [3.05, 3.63) is 74.8 Å². The van der Waals surface area contributed by atoms with Crippen molar-refractivity contribution in [1.29, 1.82) is 0 Å². The van der Waals surface area contributed by atoms with Gasteiger partial charge >= 0.3 is 0 Å². The van der Waals surface area contributed by atoms with Gasteiger partial charge in [-0.3, -0.25) is 4.79 Å². The van der Waals surface area contributed by atoms with Gasteiger partial charge in [0.1, 0.15) is 22.9 Å². The van der Waals surface area contributed by atoms with Crippen molar-refractivity contribution in [2.45, 2.75) is 13.3 Å². The smallest absolute Gasteiger partial charge is 0.258 e. The number of benzene rings is 2. The number of halogens is 2. The third-order valence-corrected chi connectivity index (χ3v) is 6.79. The van der Waals surface area contributed by atoms with E-state index in [0.717, 1.165) is 16.7 Å². The summed E-state index contributed by atoms with van der Waals surface area (Å²) in [6.07, 6.45) is 2.31. The summed E-state index contributed by atoms with van der Waals surface area (Å²) in [7, 11) is 1.51. The van der Waals surface area contributed by atoms with Gasteiger partial charge < -0.3 is 15.4 Å². The Balaban J connectivity index is 1.56. The van der Waals surface area contributed by atoms with Crippen LogP contribution >= 0.6 is 34.5 Å². The first-order valence-electron chi connectivity index (χ1n) is 9.83. The van der Waals surface area contributed by atoms with E-state index in [1.807, 2.05) is 25.1 Å². The third-order valence-electron chi connectivity index (χ3n) is 4.95. The molecule has 0 spiro atoms. The number of methoxy groups -OCH3 is 1. The maximum atomic E-state index is 13.1. The van der Waals surface area contributed by atoms with Crippen LogP contribution in [0.4, 0.5) is 11.5 Å². The Morgan fingerprint density at radius 2 is 1.94 bits per heavy atom. The highest BCUT2D eigenvalue weighted by molar-refractivity contribution is 7.18. The fourth-order valence-electron chi connectivity index (χ4n) is 3.29. The summed E-state index contributed by atoms with van der Waals surface area (Å²) in [5.41, 5.74) is 3.27. The van der Waals surface area contributed by atoms with E-state index in [4.69, 9.17) is 27.9 Å². The third kappa shape index (κ3) is 4.50. The molecule has 6 nitrogen and oxygen atoms in total. The number of hydrogen-bond donors (Lipinski definition) is 2. The molecule has 0 aliphatic heterocycles. The van der Waals surface area contributed by atoms with Gasteiger partial charge in [0.25, 0.3) is 5.91 Å². The molecule has 0 aliphatic carbocycles. The van der Waals surface area contributed by atoms with Crippen LogP contribution in [0.5, 0.6) is 5.75 Å². The Hall–Kier alpha value is -2.87. The van der Waals surface area contributed by atoms with Crippen LogP contribution < -0.4 is 15.4 Å². The molecule has 9 heteroatoms. The molecular weight excluding hydrogens is 467 g/mol. The second-order valence-corrected chi connectivity index (χ2v) is 8.70. The molecular formula is C23H20Cl2N4O2S. The molecule has 0 aliphatic rings. The fraction of sp³-hybridized carbons (Fsp3) is 0.174. The number of carbonyl (C=O) groups is 1. The number of nitrogens with zero attached hydrogens (tertiary/aromatic N) is 2. The minimum absolute atomic E-state index is 0.244. The van der Waals surface area contributed by atoms with Gasteiger partial charge in [0, 0.05) is 11.9 Å². The topological polar surface area (TPSA) is 76.1 Å². The van der Waals surface area contributed by atoms with Crippen molar-refractivity contribution >= 4 is 62.2 Å². The molecule has 0 fully saturated rings. The number of ether oxygens (including phenoxy) is 1. The number of aromatic nitrogens is 2. The van der Waals surface area contributed by atoms with Crippen LogP contribution in [0.15, 0.2) is 48.1 Å². The van der Waals surface area contributed by atoms with E-state index >= 15 is 0 Å². The number of anilines is 2. The van der Waals surface area contributed by atoms with Gasteiger partial charge in [0.15, 0.2) is 0 Å². The van der Waals surface area contributed by atoms with Crippen LogP contribution in [0.2, 0.25) is 10.0 Å². The lowest BCUT2D eigenvalue weighted by Crippen LogP contribution is -2.13. The Kier molecular flexibility index (Phi) is 6.79. The molecule has 0 bridgehead atoms. The molecule has 32 heavy (non-hydrogen) atoms. The van der Waals surface area contributed by atoms with Gasteiger partial charge in [0.05, 0.1) is 33.6 Å². The first-order valence-corrected chi connectivity index (χ1v) is 11.5. The fourth-order valence-corrected chi connectivity index (χ4v) is 4.77. The van der Waals surface area contributed by atoms with Crippen molar-refractivity contribution in [1.82, 2.24) is 9.97 Å². The summed E-state index contributed by atoms with van der Waals surface area (Å²) in [5.74, 6) is 0.774. The van der Waals surface area contributed by atoms with Crippen molar-refractivity contribution in [3.8, 4) is 5.75 Å². The van der Waals surface area contributed by atoms with Gasteiger partial charge in [-0.25, -0.2) is 9.97 Å². The highest BCUT2D eigenvalue weighted by Gasteiger charge is 2.21. The average Bonchev–Trinajstić information content (AvgIpc) is 3.25. The minimum Gasteiger partial charge on any atom is -0.495 e. The van der Waals surface area contributed by atoms with E-state index < -0.39 is 0 Å². The lowest BCUT2D eigenvalue weighted by molar-refractivity contribution is 0.102. The van der Waals surface area contributed by atoms with Crippen LogP contribution in [0.1, 0.15) is 21.5 Å². The molecule has 0 saturated heterocycles. The molecule has 1 amide bonds. The second kappa shape index (κ2) is 9.73.